The van der Waals surface area contributed by atoms with E-state index in [2.05, 4.69) is 159 Å². The Bertz CT molecular complexity index is 2580. The van der Waals surface area contributed by atoms with Gasteiger partial charge in [0.05, 0.1) is 17.1 Å². The van der Waals surface area contributed by atoms with E-state index >= 15 is 0 Å². The van der Waals surface area contributed by atoms with Gasteiger partial charge >= 0.3 is 0 Å². The minimum absolute atomic E-state index is 0.0783. The highest BCUT2D eigenvalue weighted by Gasteiger charge is 2.35. The molecular formula is C46H35N3S. The third-order valence-electron chi connectivity index (χ3n) is 10.7. The number of benzene rings is 6. The molecule has 3 aliphatic rings. The fourth-order valence-corrected chi connectivity index (χ4v) is 9.27. The van der Waals surface area contributed by atoms with E-state index in [-0.39, 0.29) is 10.8 Å². The third kappa shape index (κ3) is 4.66. The van der Waals surface area contributed by atoms with Crippen molar-refractivity contribution in [2.45, 2.75) is 42.4 Å². The molecule has 2 heterocycles. The molecule has 10 rings (SSSR count). The molecule has 0 spiro atoms. The summed E-state index contributed by atoms with van der Waals surface area (Å²) in [5, 5.41) is 8.98. The Labute approximate surface area is 296 Å². The maximum atomic E-state index is 5.28. The molecule has 240 valence electrons. The van der Waals surface area contributed by atoms with Crippen LogP contribution < -0.4 is 5.32 Å². The molecule has 50 heavy (non-hydrogen) atoms. The van der Waals surface area contributed by atoms with Crippen molar-refractivity contribution >= 4 is 44.6 Å². The maximum Gasteiger partial charge on any atom is 0.160 e. The molecule has 2 aliphatic carbocycles. The Kier molecular flexibility index (Phi) is 6.66. The van der Waals surface area contributed by atoms with Gasteiger partial charge in [0.15, 0.2) is 5.82 Å². The van der Waals surface area contributed by atoms with Crippen LogP contribution in [0.3, 0.4) is 0 Å². The first kappa shape index (κ1) is 29.5. The lowest BCUT2D eigenvalue weighted by Gasteiger charge is -2.22. The standard InChI is InChI=1S/C46H35N3S/c1-46(2)37-16-10-9-15-35(37)36-23-19-32(26-38(36)46)40-27-39(28-11-5-3-6-12-28)47-44(48-40)33-20-22-34-31(25-33)18-17-29-21-24-41-43(42(29)34)49-45(50-41)30-13-7-4-8-14-30/h4-5,7-27,45,49H,3,6H2,1-2H3. The van der Waals surface area contributed by atoms with E-state index in [1.165, 1.54) is 59.9 Å². The molecule has 1 N–H and O–H groups in total. The molecule has 0 radical (unpaired) electrons. The van der Waals surface area contributed by atoms with Gasteiger partial charge in [0.1, 0.15) is 5.37 Å². The van der Waals surface area contributed by atoms with Crippen molar-refractivity contribution in [3.05, 3.63) is 162 Å². The van der Waals surface area contributed by atoms with Crippen molar-refractivity contribution < 1.29 is 0 Å². The number of nitrogens with one attached hydrogen (secondary N) is 1. The van der Waals surface area contributed by atoms with Crippen LogP contribution in [0.25, 0.3) is 60.9 Å². The lowest BCUT2D eigenvalue weighted by molar-refractivity contribution is 0.660. The fourth-order valence-electron chi connectivity index (χ4n) is 8.12. The van der Waals surface area contributed by atoms with Crippen molar-refractivity contribution in [2.24, 2.45) is 0 Å². The molecular weight excluding hydrogens is 627 g/mol. The Balaban J connectivity index is 1.09. The molecule has 0 fully saturated rings. The van der Waals surface area contributed by atoms with Gasteiger partial charge in [-0.2, -0.15) is 0 Å². The van der Waals surface area contributed by atoms with Crippen LogP contribution in [-0.4, -0.2) is 9.97 Å². The minimum Gasteiger partial charge on any atom is -0.368 e. The monoisotopic (exact) mass is 661 g/mol. The molecule has 1 unspecified atom stereocenters. The summed E-state index contributed by atoms with van der Waals surface area (Å²) < 4.78 is 0. The lowest BCUT2D eigenvalue weighted by Crippen LogP contribution is -2.15. The van der Waals surface area contributed by atoms with Gasteiger partial charge in [0.2, 0.25) is 0 Å². The zero-order chi connectivity index (χ0) is 33.4. The van der Waals surface area contributed by atoms with Crippen molar-refractivity contribution in [3.8, 4) is 33.8 Å². The van der Waals surface area contributed by atoms with Gasteiger partial charge in [-0.05, 0) is 86.7 Å². The maximum absolute atomic E-state index is 5.28. The molecule has 1 atom stereocenters. The van der Waals surface area contributed by atoms with Crippen LogP contribution in [0, 0.1) is 0 Å². The largest absolute Gasteiger partial charge is 0.368 e. The number of aromatic nitrogens is 2. The van der Waals surface area contributed by atoms with Crippen LogP contribution in [-0.2, 0) is 5.41 Å². The predicted octanol–water partition coefficient (Wildman–Crippen LogP) is 12.4. The molecule has 4 heteroatoms. The van der Waals surface area contributed by atoms with Gasteiger partial charge in [0.25, 0.3) is 0 Å². The highest BCUT2D eigenvalue weighted by Crippen LogP contribution is 2.51. The minimum atomic E-state index is -0.0783. The molecule has 1 aromatic heterocycles. The lowest BCUT2D eigenvalue weighted by atomic mass is 9.82. The van der Waals surface area contributed by atoms with E-state index < -0.39 is 0 Å². The topological polar surface area (TPSA) is 37.8 Å². The number of allylic oxidation sites excluding steroid dienone is 4. The average Bonchev–Trinajstić information content (AvgIpc) is 3.71. The van der Waals surface area contributed by atoms with Crippen LogP contribution in [0.15, 0.2) is 144 Å². The number of fused-ring (bicyclic) bond motifs is 8. The fraction of sp³-hybridized carbons (Fsp3) is 0.130. The summed E-state index contributed by atoms with van der Waals surface area (Å²) in [6.07, 6.45) is 8.86. The van der Waals surface area contributed by atoms with E-state index in [0.29, 0.717) is 0 Å². The number of nitrogens with zero attached hydrogens (tertiary/aromatic N) is 2. The Morgan fingerprint density at radius 2 is 1.46 bits per heavy atom. The predicted molar refractivity (Wildman–Crippen MR) is 210 cm³/mol. The van der Waals surface area contributed by atoms with Crippen LogP contribution in [0.1, 0.15) is 54.4 Å². The summed E-state index contributed by atoms with van der Waals surface area (Å²) in [6.45, 7) is 4.67. The summed E-state index contributed by atoms with van der Waals surface area (Å²) in [4.78, 5) is 11.8. The van der Waals surface area contributed by atoms with Gasteiger partial charge in [-0.25, -0.2) is 9.97 Å². The highest BCUT2D eigenvalue weighted by atomic mass is 32.2. The van der Waals surface area contributed by atoms with Crippen LogP contribution in [0.2, 0.25) is 0 Å². The molecule has 7 aromatic rings. The normalized spacial score (nSPS) is 16.9. The first-order valence-electron chi connectivity index (χ1n) is 17.5. The first-order chi connectivity index (χ1) is 24.5. The summed E-state index contributed by atoms with van der Waals surface area (Å²) in [5.41, 5.74) is 13.0. The van der Waals surface area contributed by atoms with Crippen molar-refractivity contribution in [2.75, 3.05) is 5.32 Å². The van der Waals surface area contributed by atoms with Gasteiger partial charge in [0, 0.05) is 26.8 Å². The first-order valence-corrected chi connectivity index (χ1v) is 18.4. The second kappa shape index (κ2) is 11.3. The van der Waals surface area contributed by atoms with Crippen molar-refractivity contribution in [1.29, 1.82) is 0 Å². The molecule has 6 aromatic carbocycles. The van der Waals surface area contributed by atoms with Gasteiger partial charge in [-0.15, -0.1) is 0 Å². The SMILES string of the molecule is CC1(C)c2ccccc2-c2ccc(-c3cc(C4=CCCC=C4)nc(-c4ccc5c(ccc6ccc7c(c65)NC(c5ccccc5)S7)c4)n3)cc21. The third-order valence-corrected chi connectivity index (χ3v) is 12.0. The number of hydrogen-bond acceptors (Lipinski definition) is 4. The quantitative estimate of drug-likeness (QED) is 0.191. The second-order valence-corrected chi connectivity index (χ2v) is 15.3. The summed E-state index contributed by atoms with van der Waals surface area (Å²) >= 11 is 1.89. The van der Waals surface area contributed by atoms with E-state index in [9.17, 15) is 0 Å². The Hall–Kier alpha value is -5.45. The molecule has 1 aliphatic heterocycles. The van der Waals surface area contributed by atoms with Crippen LogP contribution >= 0.6 is 11.8 Å². The van der Waals surface area contributed by atoms with Crippen LogP contribution in [0.4, 0.5) is 5.69 Å². The number of anilines is 1. The zero-order valence-corrected chi connectivity index (χ0v) is 28.9. The summed E-state index contributed by atoms with van der Waals surface area (Å²) in [7, 11) is 0. The number of thioether (sulfide) groups is 1. The molecule has 0 saturated heterocycles. The highest BCUT2D eigenvalue weighted by molar-refractivity contribution is 8.00. The Morgan fingerprint density at radius 1 is 0.680 bits per heavy atom. The van der Waals surface area contributed by atoms with E-state index in [1.807, 2.05) is 11.8 Å². The summed E-state index contributed by atoms with van der Waals surface area (Å²) in [6, 6.07) is 44.3. The van der Waals surface area contributed by atoms with Crippen molar-refractivity contribution in [1.82, 2.24) is 9.97 Å². The molecule has 0 amide bonds. The number of hydrogen-bond donors (Lipinski definition) is 1. The van der Waals surface area contributed by atoms with Crippen LogP contribution in [0.5, 0.6) is 0 Å². The van der Waals surface area contributed by atoms with E-state index in [4.69, 9.17) is 9.97 Å². The Morgan fingerprint density at radius 3 is 2.34 bits per heavy atom. The molecule has 0 bridgehead atoms. The van der Waals surface area contributed by atoms with Gasteiger partial charge < -0.3 is 5.32 Å². The van der Waals surface area contributed by atoms with E-state index in [0.717, 1.165) is 46.8 Å². The van der Waals surface area contributed by atoms with Crippen molar-refractivity contribution in [3.63, 3.8) is 0 Å². The number of rotatable bonds is 4. The van der Waals surface area contributed by atoms with E-state index in [1.54, 1.807) is 0 Å². The summed E-state index contributed by atoms with van der Waals surface area (Å²) in [5.74, 6) is 0.749. The van der Waals surface area contributed by atoms with Gasteiger partial charge in [-0.3, -0.25) is 0 Å². The molecule has 0 saturated carbocycles. The average molecular weight is 662 g/mol. The molecule has 3 nitrogen and oxygen atoms in total. The smallest absolute Gasteiger partial charge is 0.160 e. The van der Waals surface area contributed by atoms with Gasteiger partial charge in [-0.1, -0.05) is 141 Å². The second-order valence-electron chi connectivity index (χ2n) is 14.1. The zero-order valence-electron chi connectivity index (χ0n) is 28.1.